The zero-order valence-electron chi connectivity index (χ0n) is 19.5. The van der Waals surface area contributed by atoms with Gasteiger partial charge in [0.15, 0.2) is 0 Å². The number of amides is 1. The number of nitrogens with one attached hydrogen (secondary N) is 2. The summed E-state index contributed by atoms with van der Waals surface area (Å²) in [5, 5.41) is 19.7. The number of carbonyl (C=O) groups is 1. The molecule has 0 bridgehead atoms. The maximum atomic E-state index is 12.2. The number of carbonyl (C=O) groups excluding carboxylic acids is 1. The lowest BCUT2D eigenvalue weighted by Gasteiger charge is -2.10. The summed E-state index contributed by atoms with van der Waals surface area (Å²) in [6.45, 7) is 2.21. The van der Waals surface area contributed by atoms with Gasteiger partial charge in [0.25, 0.3) is 5.56 Å². The predicted octanol–water partition coefficient (Wildman–Crippen LogP) is 5.47. The number of hydrogen-bond acceptors (Lipinski definition) is 6. The molecule has 0 aliphatic heterocycles. The van der Waals surface area contributed by atoms with Crippen molar-refractivity contribution < 1.29 is 4.79 Å². The Balaban J connectivity index is 0.000000303. The highest BCUT2D eigenvalue weighted by Crippen LogP contribution is 2.28. The lowest BCUT2D eigenvalue weighted by atomic mass is 10.0. The molecule has 8 nitrogen and oxygen atoms in total. The van der Waals surface area contributed by atoms with Crippen molar-refractivity contribution >= 4 is 41.0 Å². The standard InChI is InChI=1S/C20H16N4O2.C6H6Cl2N2/c1-2-24-20(26)19(22-13-25)11-18(23-24)17-5-3-4-16(10-17)15-8-6-14(12-21)7-9-15;1-9-6-4(7)2-10-3-5(6)8/h3-11,13H,2H2,1H3,(H,22,25);2-3H,1H3,(H,9,10). The summed E-state index contributed by atoms with van der Waals surface area (Å²) >= 11 is 11.4. The molecule has 0 saturated heterocycles. The van der Waals surface area contributed by atoms with Gasteiger partial charge in [0, 0.05) is 31.5 Å². The van der Waals surface area contributed by atoms with Crippen LogP contribution in [0.1, 0.15) is 12.5 Å². The van der Waals surface area contributed by atoms with E-state index in [9.17, 15) is 9.59 Å². The Morgan fingerprint density at radius 3 is 2.25 bits per heavy atom. The second-order valence-corrected chi connectivity index (χ2v) is 8.14. The van der Waals surface area contributed by atoms with E-state index in [0.717, 1.165) is 22.4 Å². The maximum Gasteiger partial charge on any atom is 0.290 e. The Labute approximate surface area is 218 Å². The van der Waals surface area contributed by atoms with Crippen LogP contribution in [-0.2, 0) is 11.3 Å². The van der Waals surface area contributed by atoms with Gasteiger partial charge in [-0.15, -0.1) is 0 Å². The molecule has 2 aromatic heterocycles. The minimum Gasteiger partial charge on any atom is -0.386 e. The summed E-state index contributed by atoms with van der Waals surface area (Å²) in [7, 11) is 1.76. The molecular weight excluding hydrogens is 499 g/mol. The van der Waals surface area contributed by atoms with Crippen LogP contribution in [0.25, 0.3) is 22.4 Å². The van der Waals surface area contributed by atoms with Gasteiger partial charge < -0.3 is 10.6 Å². The Morgan fingerprint density at radius 1 is 1.03 bits per heavy atom. The van der Waals surface area contributed by atoms with Crippen molar-refractivity contribution in [1.82, 2.24) is 14.8 Å². The summed E-state index contributed by atoms with van der Waals surface area (Å²) in [4.78, 5) is 26.7. The number of hydrogen-bond donors (Lipinski definition) is 2. The van der Waals surface area contributed by atoms with Crippen LogP contribution in [0, 0.1) is 11.3 Å². The molecule has 0 atom stereocenters. The summed E-state index contributed by atoms with van der Waals surface area (Å²) in [5.74, 6) is 0. The van der Waals surface area contributed by atoms with Gasteiger partial charge >= 0.3 is 0 Å². The van der Waals surface area contributed by atoms with E-state index >= 15 is 0 Å². The van der Waals surface area contributed by atoms with Crippen LogP contribution in [-0.4, -0.2) is 28.2 Å². The van der Waals surface area contributed by atoms with Crippen molar-refractivity contribution in [2.24, 2.45) is 0 Å². The van der Waals surface area contributed by atoms with Gasteiger partial charge in [0.05, 0.1) is 33.1 Å². The van der Waals surface area contributed by atoms with Gasteiger partial charge in [-0.25, -0.2) is 4.68 Å². The van der Waals surface area contributed by atoms with E-state index in [-0.39, 0.29) is 11.2 Å². The molecule has 2 heterocycles. The fourth-order valence-corrected chi connectivity index (χ4v) is 3.86. The zero-order chi connectivity index (χ0) is 26.1. The van der Waals surface area contributed by atoms with Crippen molar-refractivity contribution in [3.63, 3.8) is 0 Å². The van der Waals surface area contributed by atoms with E-state index < -0.39 is 0 Å². The molecular formula is C26H22Cl2N6O2. The average molecular weight is 521 g/mol. The number of nitriles is 1. The molecule has 0 radical (unpaired) electrons. The largest absolute Gasteiger partial charge is 0.386 e. The molecule has 0 aliphatic rings. The summed E-state index contributed by atoms with van der Waals surface area (Å²) in [6, 6.07) is 18.7. The normalized spacial score (nSPS) is 9.97. The Hall–Kier alpha value is -4.19. The molecule has 0 aliphatic carbocycles. The minimum atomic E-state index is -0.341. The fourth-order valence-electron chi connectivity index (χ4n) is 3.31. The highest BCUT2D eigenvalue weighted by Gasteiger charge is 2.10. The first-order valence-electron chi connectivity index (χ1n) is 10.8. The number of pyridine rings is 1. The molecule has 2 N–H and O–H groups in total. The van der Waals surface area contributed by atoms with Crippen molar-refractivity contribution in [1.29, 1.82) is 5.26 Å². The van der Waals surface area contributed by atoms with Gasteiger partial charge in [-0.3, -0.25) is 14.6 Å². The Morgan fingerprint density at radius 2 is 1.69 bits per heavy atom. The van der Waals surface area contributed by atoms with Crippen molar-refractivity contribution in [3.05, 3.63) is 93.0 Å². The van der Waals surface area contributed by atoms with Gasteiger partial charge in [-0.05, 0) is 42.3 Å². The van der Waals surface area contributed by atoms with Gasteiger partial charge in [0.2, 0.25) is 6.41 Å². The number of benzene rings is 2. The van der Waals surface area contributed by atoms with Crippen LogP contribution in [0.4, 0.5) is 11.4 Å². The smallest absolute Gasteiger partial charge is 0.290 e. The third-order valence-corrected chi connectivity index (χ3v) is 5.67. The average Bonchev–Trinajstić information content (AvgIpc) is 2.90. The topological polar surface area (TPSA) is 113 Å². The molecule has 0 saturated carbocycles. The fraction of sp³-hybridized carbons (Fsp3) is 0.115. The van der Waals surface area contributed by atoms with Gasteiger partial charge in [-0.2, -0.15) is 10.4 Å². The second-order valence-electron chi connectivity index (χ2n) is 7.32. The number of anilines is 2. The van der Waals surface area contributed by atoms with Crippen LogP contribution in [0.5, 0.6) is 0 Å². The molecule has 36 heavy (non-hydrogen) atoms. The van der Waals surface area contributed by atoms with Crippen molar-refractivity contribution in [3.8, 4) is 28.5 Å². The van der Waals surface area contributed by atoms with Crippen LogP contribution >= 0.6 is 23.2 Å². The number of aromatic nitrogens is 3. The lowest BCUT2D eigenvalue weighted by molar-refractivity contribution is -0.105. The minimum absolute atomic E-state index is 0.190. The predicted molar refractivity (Wildman–Crippen MR) is 143 cm³/mol. The van der Waals surface area contributed by atoms with E-state index in [4.69, 9.17) is 28.5 Å². The first-order chi connectivity index (χ1) is 17.4. The SMILES string of the molecule is CCn1nc(-c2cccc(-c3ccc(C#N)cc3)c2)cc(NC=O)c1=O.CNc1c(Cl)cncc1Cl. The molecule has 1 amide bonds. The number of nitrogens with zero attached hydrogens (tertiary/aromatic N) is 4. The highest BCUT2D eigenvalue weighted by atomic mass is 35.5. The van der Waals surface area contributed by atoms with E-state index in [0.29, 0.717) is 34.3 Å². The maximum absolute atomic E-state index is 12.2. The van der Waals surface area contributed by atoms with Crippen molar-refractivity contribution in [2.45, 2.75) is 13.5 Å². The highest BCUT2D eigenvalue weighted by molar-refractivity contribution is 6.38. The molecule has 182 valence electrons. The quantitative estimate of drug-likeness (QED) is 0.326. The summed E-state index contributed by atoms with van der Waals surface area (Å²) < 4.78 is 1.32. The third kappa shape index (κ3) is 6.27. The summed E-state index contributed by atoms with van der Waals surface area (Å²) in [5.41, 5.74) is 4.52. The van der Waals surface area contributed by atoms with E-state index in [2.05, 4.69) is 26.8 Å². The molecule has 2 aromatic carbocycles. The molecule has 0 fully saturated rings. The van der Waals surface area contributed by atoms with E-state index in [1.54, 1.807) is 37.6 Å². The monoisotopic (exact) mass is 520 g/mol. The van der Waals surface area contributed by atoms with Crippen LogP contribution in [0.15, 0.2) is 71.8 Å². The Bertz CT molecular complexity index is 1440. The first-order valence-corrected chi connectivity index (χ1v) is 11.6. The number of rotatable bonds is 6. The summed E-state index contributed by atoms with van der Waals surface area (Å²) in [6.07, 6.45) is 3.56. The molecule has 0 unspecified atom stereocenters. The number of halogens is 2. The number of aryl methyl sites for hydroxylation is 1. The molecule has 10 heteroatoms. The molecule has 0 spiro atoms. The third-order valence-electron chi connectivity index (χ3n) is 5.10. The zero-order valence-corrected chi connectivity index (χ0v) is 21.0. The first kappa shape index (κ1) is 26.4. The van der Waals surface area contributed by atoms with Crippen LogP contribution in [0.2, 0.25) is 10.0 Å². The Kier molecular flexibility index (Phi) is 9.17. The molecule has 4 rings (SSSR count). The van der Waals surface area contributed by atoms with Gasteiger partial charge in [-0.1, -0.05) is 53.5 Å². The second kappa shape index (κ2) is 12.5. The molecule has 4 aromatic rings. The van der Waals surface area contributed by atoms with Crippen LogP contribution < -0.4 is 16.2 Å². The lowest BCUT2D eigenvalue weighted by Crippen LogP contribution is -2.25. The van der Waals surface area contributed by atoms with Gasteiger partial charge in [0.1, 0.15) is 5.69 Å². The van der Waals surface area contributed by atoms with Crippen molar-refractivity contribution in [2.75, 3.05) is 17.7 Å². The van der Waals surface area contributed by atoms with Crippen LogP contribution in [0.3, 0.4) is 0 Å². The van der Waals surface area contributed by atoms with E-state index in [1.165, 1.54) is 4.68 Å². The van der Waals surface area contributed by atoms with E-state index in [1.807, 2.05) is 43.3 Å².